The molecular formula is C30H32N6O2. The van der Waals surface area contributed by atoms with Crippen LogP contribution in [-0.4, -0.2) is 58.3 Å². The predicted octanol–water partition coefficient (Wildman–Crippen LogP) is 6.23. The van der Waals surface area contributed by atoms with Crippen molar-refractivity contribution in [1.82, 2.24) is 14.9 Å². The van der Waals surface area contributed by atoms with Crippen LogP contribution in [0.3, 0.4) is 0 Å². The largest absolute Gasteiger partial charge is 0.464 e. The van der Waals surface area contributed by atoms with Crippen LogP contribution in [0.25, 0.3) is 11.1 Å². The molecule has 3 aromatic carbocycles. The highest BCUT2D eigenvalue weighted by Gasteiger charge is 2.20. The normalized spacial score (nSPS) is 13.9. The Balaban J connectivity index is 1.29. The van der Waals surface area contributed by atoms with E-state index in [4.69, 9.17) is 0 Å². The van der Waals surface area contributed by atoms with Gasteiger partial charge in [0.05, 0.1) is 5.69 Å². The van der Waals surface area contributed by atoms with Gasteiger partial charge in [-0.1, -0.05) is 42.5 Å². The second-order valence-corrected chi connectivity index (χ2v) is 9.56. The number of nitrogens with zero attached hydrogens (tertiary/aromatic N) is 5. The Bertz CT molecular complexity index is 1350. The molecule has 2 N–H and O–H groups in total. The quantitative estimate of drug-likeness (QED) is 0.306. The number of piperazine rings is 1. The van der Waals surface area contributed by atoms with E-state index in [1.807, 2.05) is 54.6 Å². The Hall–Kier alpha value is -4.43. The van der Waals surface area contributed by atoms with Gasteiger partial charge in [0.2, 0.25) is 5.95 Å². The molecule has 0 radical (unpaired) electrons. The molecule has 1 saturated heterocycles. The molecule has 0 bridgehead atoms. The molecule has 1 aliphatic heterocycles. The van der Waals surface area contributed by atoms with Crippen molar-refractivity contribution in [2.45, 2.75) is 19.9 Å². The fourth-order valence-electron chi connectivity index (χ4n) is 4.69. The Morgan fingerprint density at radius 2 is 1.53 bits per heavy atom. The van der Waals surface area contributed by atoms with Gasteiger partial charge < -0.3 is 15.3 Å². The number of hydrogen-bond donors (Lipinski definition) is 2. The third kappa shape index (κ3) is 5.76. The molecule has 1 aliphatic rings. The summed E-state index contributed by atoms with van der Waals surface area (Å²) in [6.07, 6.45) is 0.436. The van der Waals surface area contributed by atoms with Crippen molar-refractivity contribution in [2.24, 2.45) is 0 Å². The van der Waals surface area contributed by atoms with Crippen LogP contribution < -0.4 is 15.1 Å². The lowest BCUT2D eigenvalue weighted by atomic mass is 10.1. The van der Waals surface area contributed by atoms with E-state index in [1.165, 1.54) is 5.69 Å². The minimum atomic E-state index is -1.12. The Morgan fingerprint density at radius 1 is 0.868 bits per heavy atom. The van der Waals surface area contributed by atoms with E-state index in [2.05, 4.69) is 51.1 Å². The number of nitrogens with one attached hydrogen (secondary N) is 1. The SMILES string of the molecule is CC(C)N1CCN(c2ccc(Nc3nccc(N(C(=O)O)c4ccc(-c5ccccc5)cc4)n3)cc2)CC1. The van der Waals surface area contributed by atoms with Crippen LogP contribution in [0.5, 0.6) is 0 Å². The summed E-state index contributed by atoms with van der Waals surface area (Å²) in [4.78, 5) is 27.0. The van der Waals surface area contributed by atoms with Gasteiger partial charge in [-0.2, -0.15) is 4.98 Å². The number of benzene rings is 3. The maximum atomic E-state index is 12.2. The molecule has 1 fully saturated rings. The van der Waals surface area contributed by atoms with Gasteiger partial charge in [0, 0.05) is 55.9 Å². The molecule has 8 nitrogen and oxygen atoms in total. The Labute approximate surface area is 223 Å². The third-order valence-electron chi connectivity index (χ3n) is 6.83. The van der Waals surface area contributed by atoms with E-state index in [0.29, 0.717) is 17.7 Å². The molecule has 1 aromatic heterocycles. The molecule has 5 rings (SSSR count). The lowest BCUT2D eigenvalue weighted by molar-refractivity contribution is 0.204. The average Bonchev–Trinajstić information content (AvgIpc) is 2.95. The molecule has 0 aliphatic carbocycles. The molecule has 194 valence electrons. The molecule has 0 atom stereocenters. The van der Waals surface area contributed by atoms with Gasteiger partial charge in [-0.3, -0.25) is 4.90 Å². The van der Waals surface area contributed by atoms with Crippen molar-refractivity contribution in [3.05, 3.63) is 91.1 Å². The van der Waals surface area contributed by atoms with E-state index >= 15 is 0 Å². The summed E-state index contributed by atoms with van der Waals surface area (Å²) < 4.78 is 0. The standard InChI is InChI=1S/C30H32N6O2/c1-22(2)34-18-20-35(21-19-34)26-14-10-25(11-15-26)32-29-31-17-16-28(33-29)36(30(37)38)27-12-8-24(9-13-27)23-6-4-3-5-7-23/h3-17,22H,18-21H2,1-2H3,(H,37,38)(H,31,32,33). The van der Waals surface area contributed by atoms with E-state index in [0.717, 1.165) is 47.9 Å². The van der Waals surface area contributed by atoms with Crippen LogP contribution in [-0.2, 0) is 0 Å². The van der Waals surface area contributed by atoms with E-state index < -0.39 is 6.09 Å². The summed E-state index contributed by atoms with van der Waals surface area (Å²) >= 11 is 0. The van der Waals surface area contributed by atoms with E-state index in [9.17, 15) is 9.90 Å². The summed E-state index contributed by atoms with van der Waals surface area (Å²) in [7, 11) is 0. The van der Waals surface area contributed by atoms with Crippen molar-refractivity contribution in [3.8, 4) is 11.1 Å². The first-order valence-electron chi connectivity index (χ1n) is 12.9. The minimum Gasteiger partial charge on any atom is -0.464 e. The fourth-order valence-corrected chi connectivity index (χ4v) is 4.69. The first kappa shape index (κ1) is 25.2. The molecule has 4 aromatic rings. The second-order valence-electron chi connectivity index (χ2n) is 9.56. The summed E-state index contributed by atoms with van der Waals surface area (Å²) in [6.45, 7) is 8.62. The van der Waals surface area contributed by atoms with Crippen LogP contribution in [0.15, 0.2) is 91.1 Å². The van der Waals surface area contributed by atoms with Crippen molar-refractivity contribution in [1.29, 1.82) is 0 Å². The highest BCUT2D eigenvalue weighted by atomic mass is 16.4. The average molecular weight is 509 g/mol. The zero-order valence-electron chi connectivity index (χ0n) is 21.7. The van der Waals surface area contributed by atoms with Crippen LogP contribution in [0.2, 0.25) is 0 Å². The highest BCUT2D eigenvalue weighted by molar-refractivity contribution is 5.94. The van der Waals surface area contributed by atoms with Gasteiger partial charge in [0.1, 0.15) is 5.82 Å². The topological polar surface area (TPSA) is 84.8 Å². The molecule has 0 saturated carbocycles. The van der Waals surface area contributed by atoms with Crippen molar-refractivity contribution >= 4 is 34.9 Å². The number of hydrogen-bond acceptors (Lipinski definition) is 6. The number of anilines is 5. The van der Waals surface area contributed by atoms with Gasteiger partial charge in [-0.05, 0) is 61.4 Å². The molecule has 8 heteroatoms. The second kappa shape index (κ2) is 11.3. The molecule has 38 heavy (non-hydrogen) atoms. The maximum Gasteiger partial charge on any atom is 0.417 e. The lowest BCUT2D eigenvalue weighted by Gasteiger charge is -2.38. The molecule has 0 unspecified atom stereocenters. The smallest absolute Gasteiger partial charge is 0.417 e. The van der Waals surface area contributed by atoms with Crippen LogP contribution in [0.4, 0.5) is 33.6 Å². The first-order valence-corrected chi connectivity index (χ1v) is 12.9. The van der Waals surface area contributed by atoms with Crippen molar-refractivity contribution in [2.75, 3.05) is 41.3 Å². The summed E-state index contributed by atoms with van der Waals surface area (Å²) in [6, 6.07) is 27.7. The first-order chi connectivity index (χ1) is 18.5. The molecule has 2 heterocycles. The van der Waals surface area contributed by atoms with Crippen molar-refractivity contribution < 1.29 is 9.90 Å². The lowest BCUT2D eigenvalue weighted by Crippen LogP contribution is -2.48. The Morgan fingerprint density at radius 3 is 2.16 bits per heavy atom. The third-order valence-corrected chi connectivity index (χ3v) is 6.83. The van der Waals surface area contributed by atoms with Crippen LogP contribution >= 0.6 is 0 Å². The molecular weight excluding hydrogens is 476 g/mol. The number of carboxylic acid groups (broad SMARTS) is 1. The number of amides is 1. The maximum absolute atomic E-state index is 12.2. The number of aromatic nitrogens is 2. The zero-order valence-corrected chi connectivity index (χ0v) is 21.7. The van der Waals surface area contributed by atoms with Gasteiger partial charge in [-0.15, -0.1) is 0 Å². The molecule has 0 spiro atoms. The summed E-state index contributed by atoms with van der Waals surface area (Å²) in [5.41, 5.74) is 4.60. The van der Waals surface area contributed by atoms with E-state index in [1.54, 1.807) is 24.4 Å². The van der Waals surface area contributed by atoms with E-state index in [-0.39, 0.29) is 5.82 Å². The van der Waals surface area contributed by atoms with Crippen molar-refractivity contribution in [3.63, 3.8) is 0 Å². The van der Waals surface area contributed by atoms with Gasteiger partial charge >= 0.3 is 6.09 Å². The highest BCUT2D eigenvalue weighted by Crippen LogP contribution is 2.28. The van der Waals surface area contributed by atoms with Crippen LogP contribution in [0, 0.1) is 0 Å². The predicted molar refractivity (Wildman–Crippen MR) is 153 cm³/mol. The molecule has 1 amide bonds. The zero-order chi connectivity index (χ0) is 26.5. The van der Waals surface area contributed by atoms with Gasteiger partial charge in [0.15, 0.2) is 0 Å². The monoisotopic (exact) mass is 508 g/mol. The van der Waals surface area contributed by atoms with Crippen LogP contribution in [0.1, 0.15) is 13.8 Å². The number of carbonyl (C=O) groups is 1. The summed E-state index contributed by atoms with van der Waals surface area (Å²) in [5, 5.41) is 13.2. The fraction of sp³-hybridized carbons (Fsp3) is 0.233. The van der Waals surface area contributed by atoms with Gasteiger partial charge in [-0.25, -0.2) is 14.7 Å². The minimum absolute atomic E-state index is 0.266. The summed E-state index contributed by atoms with van der Waals surface area (Å²) in [5.74, 6) is 0.593. The number of rotatable bonds is 7. The Kier molecular flexibility index (Phi) is 7.51. The van der Waals surface area contributed by atoms with Gasteiger partial charge in [0.25, 0.3) is 0 Å².